The first-order valence-electron chi connectivity index (χ1n) is 4.88. The Morgan fingerprint density at radius 2 is 2.24 bits per heavy atom. The lowest BCUT2D eigenvalue weighted by atomic mass is 9.89. The lowest BCUT2D eigenvalue weighted by Crippen LogP contribution is -2.40. The maximum Gasteiger partial charge on any atom is 0.268 e. The van der Waals surface area contributed by atoms with E-state index in [0.29, 0.717) is 17.5 Å². The highest BCUT2D eigenvalue weighted by atomic mass is 79.9. The lowest BCUT2D eigenvalue weighted by molar-refractivity contribution is -0.133. The number of nitrogens with zero attached hydrogens (tertiary/aromatic N) is 1. The van der Waals surface area contributed by atoms with Gasteiger partial charge in [-0.3, -0.25) is 9.59 Å². The molecule has 0 saturated carbocycles. The minimum Gasteiger partial charge on any atom is -0.372 e. The zero-order valence-corrected chi connectivity index (χ0v) is 10.7. The van der Waals surface area contributed by atoms with E-state index in [-0.39, 0.29) is 5.57 Å². The summed E-state index contributed by atoms with van der Waals surface area (Å²) in [6.07, 6.45) is 0.405. The van der Waals surface area contributed by atoms with Gasteiger partial charge in [-0.25, -0.2) is 0 Å². The van der Waals surface area contributed by atoms with Crippen LogP contribution in [0.1, 0.15) is 5.56 Å². The summed E-state index contributed by atoms with van der Waals surface area (Å²) in [6, 6.07) is 5.08. The number of benzene rings is 1. The van der Waals surface area contributed by atoms with Crippen molar-refractivity contribution in [1.29, 1.82) is 0 Å². The third kappa shape index (κ3) is 1.46. The van der Waals surface area contributed by atoms with E-state index < -0.39 is 11.5 Å². The molecule has 1 heterocycles. The summed E-state index contributed by atoms with van der Waals surface area (Å²) < 4.78 is 0.719. The van der Waals surface area contributed by atoms with Crippen molar-refractivity contribution in [3.8, 4) is 0 Å². The molecule has 17 heavy (non-hydrogen) atoms. The first-order valence-corrected chi connectivity index (χ1v) is 5.67. The second-order valence-electron chi connectivity index (χ2n) is 3.88. The van der Waals surface area contributed by atoms with E-state index in [1.807, 2.05) is 0 Å². The number of aliphatic hydroxyl groups is 1. The predicted octanol–water partition coefficient (Wildman–Crippen LogP) is 1.37. The largest absolute Gasteiger partial charge is 0.372 e. The summed E-state index contributed by atoms with van der Waals surface area (Å²) in [6.45, 7) is 3.46. The number of aldehydes is 1. The molecular formula is C12H10BrNO3. The summed E-state index contributed by atoms with van der Waals surface area (Å²) >= 11 is 3.27. The third-order valence-electron chi connectivity index (χ3n) is 2.93. The van der Waals surface area contributed by atoms with Crippen molar-refractivity contribution >= 4 is 33.8 Å². The van der Waals surface area contributed by atoms with Crippen molar-refractivity contribution in [3.63, 3.8) is 0 Å². The quantitative estimate of drug-likeness (QED) is 0.662. The van der Waals surface area contributed by atoms with Crippen LogP contribution in [-0.2, 0) is 15.2 Å². The monoisotopic (exact) mass is 295 g/mol. The van der Waals surface area contributed by atoms with Crippen LogP contribution in [0.4, 0.5) is 5.69 Å². The summed E-state index contributed by atoms with van der Waals surface area (Å²) in [5.74, 6) is -0.567. The molecule has 0 spiro atoms. The zero-order valence-electron chi connectivity index (χ0n) is 9.11. The molecule has 2 rings (SSSR count). The highest BCUT2D eigenvalue weighted by molar-refractivity contribution is 9.10. The molecule has 5 heteroatoms. The first kappa shape index (κ1) is 12.0. The maximum absolute atomic E-state index is 12.0. The average molecular weight is 296 g/mol. The zero-order chi connectivity index (χ0) is 12.8. The smallest absolute Gasteiger partial charge is 0.268 e. The molecule has 1 aromatic carbocycles. The molecular weight excluding hydrogens is 286 g/mol. The highest BCUT2D eigenvalue weighted by Crippen LogP contribution is 2.43. The van der Waals surface area contributed by atoms with Crippen molar-refractivity contribution in [2.24, 2.45) is 0 Å². The van der Waals surface area contributed by atoms with Crippen LogP contribution < -0.4 is 4.90 Å². The number of carbonyl (C=O) groups excluding carboxylic acids is 2. The molecule has 1 aliphatic rings. The third-order valence-corrected chi connectivity index (χ3v) is 3.42. The van der Waals surface area contributed by atoms with Gasteiger partial charge in [0.2, 0.25) is 0 Å². The number of carbonyl (C=O) groups is 2. The highest BCUT2D eigenvalue weighted by Gasteiger charge is 2.50. The number of hydrogen-bond donors (Lipinski definition) is 1. The van der Waals surface area contributed by atoms with E-state index in [0.717, 1.165) is 4.47 Å². The van der Waals surface area contributed by atoms with Crippen molar-refractivity contribution in [2.45, 2.75) is 5.60 Å². The normalized spacial score (nSPS) is 22.5. The molecule has 1 aliphatic heterocycles. The van der Waals surface area contributed by atoms with Gasteiger partial charge in [-0.05, 0) is 18.2 Å². The van der Waals surface area contributed by atoms with Gasteiger partial charge in [0.25, 0.3) is 5.91 Å². The van der Waals surface area contributed by atoms with Crippen LogP contribution in [0.3, 0.4) is 0 Å². The number of likely N-dealkylation sites (N-methyl/N-ethyl adjacent to an activating group) is 1. The second-order valence-corrected chi connectivity index (χ2v) is 4.79. The van der Waals surface area contributed by atoms with Gasteiger partial charge in [-0.1, -0.05) is 22.5 Å². The van der Waals surface area contributed by atoms with Gasteiger partial charge in [0, 0.05) is 22.7 Å². The summed E-state index contributed by atoms with van der Waals surface area (Å²) in [5, 5.41) is 10.4. The number of anilines is 1. The van der Waals surface area contributed by atoms with Crippen LogP contribution in [0.15, 0.2) is 34.8 Å². The van der Waals surface area contributed by atoms with Crippen LogP contribution in [-0.4, -0.2) is 24.3 Å². The Kier molecular flexibility index (Phi) is 2.67. The second kappa shape index (κ2) is 3.78. The Morgan fingerprint density at radius 1 is 1.59 bits per heavy atom. The number of fused-ring (bicyclic) bond motifs is 1. The van der Waals surface area contributed by atoms with Crippen LogP contribution in [0, 0.1) is 0 Å². The maximum atomic E-state index is 12.0. The Labute approximate surface area is 107 Å². The first-order chi connectivity index (χ1) is 7.92. The van der Waals surface area contributed by atoms with E-state index in [2.05, 4.69) is 22.5 Å². The molecule has 1 aromatic rings. The van der Waals surface area contributed by atoms with Gasteiger partial charge in [-0.2, -0.15) is 0 Å². The SMILES string of the molecule is C=C(C=O)C1(O)C(=O)N(C)c2ccc(Br)cc21. The fourth-order valence-corrected chi connectivity index (χ4v) is 2.31. The van der Waals surface area contributed by atoms with Gasteiger partial charge < -0.3 is 10.0 Å². The molecule has 1 atom stereocenters. The Morgan fingerprint density at radius 3 is 2.82 bits per heavy atom. The van der Waals surface area contributed by atoms with Gasteiger partial charge in [0.15, 0.2) is 5.60 Å². The van der Waals surface area contributed by atoms with Gasteiger partial charge in [0.05, 0.1) is 5.69 Å². The average Bonchev–Trinajstić information content (AvgIpc) is 2.51. The number of amides is 1. The van der Waals surface area contributed by atoms with Crippen molar-refractivity contribution in [2.75, 3.05) is 11.9 Å². The van der Waals surface area contributed by atoms with Crippen LogP contribution >= 0.6 is 15.9 Å². The van der Waals surface area contributed by atoms with Crippen molar-refractivity contribution < 1.29 is 14.7 Å². The summed E-state index contributed by atoms with van der Waals surface area (Å²) in [7, 11) is 1.55. The van der Waals surface area contributed by atoms with Crippen molar-refractivity contribution in [1.82, 2.24) is 0 Å². The Balaban J connectivity index is 2.73. The van der Waals surface area contributed by atoms with Crippen LogP contribution in [0.2, 0.25) is 0 Å². The molecule has 0 bridgehead atoms. The molecule has 1 N–H and O–H groups in total. The predicted molar refractivity (Wildman–Crippen MR) is 66.7 cm³/mol. The molecule has 0 aromatic heterocycles. The van der Waals surface area contributed by atoms with Crippen LogP contribution in [0.25, 0.3) is 0 Å². The number of halogens is 1. The standard InChI is InChI=1S/C12H10BrNO3/c1-7(6-15)12(17)9-5-8(13)3-4-10(9)14(2)11(12)16/h3-6,17H,1H2,2H3. The Hall–Kier alpha value is -1.46. The minimum absolute atomic E-state index is 0.161. The molecule has 1 unspecified atom stereocenters. The van der Waals surface area contributed by atoms with E-state index in [4.69, 9.17) is 0 Å². The van der Waals surface area contributed by atoms with E-state index in [1.165, 1.54) is 4.90 Å². The fourth-order valence-electron chi connectivity index (χ4n) is 1.95. The number of hydrogen-bond acceptors (Lipinski definition) is 3. The molecule has 1 amide bonds. The summed E-state index contributed by atoms with van der Waals surface area (Å²) in [5.41, 5.74) is -1.17. The van der Waals surface area contributed by atoms with E-state index in [1.54, 1.807) is 25.2 Å². The molecule has 0 aliphatic carbocycles. The number of rotatable bonds is 2. The molecule has 0 fully saturated rings. The van der Waals surface area contributed by atoms with Crippen LogP contribution in [0.5, 0.6) is 0 Å². The van der Waals surface area contributed by atoms with Gasteiger partial charge >= 0.3 is 0 Å². The van der Waals surface area contributed by atoms with E-state index in [9.17, 15) is 14.7 Å². The molecule has 4 nitrogen and oxygen atoms in total. The van der Waals surface area contributed by atoms with Gasteiger partial charge in [0.1, 0.15) is 6.29 Å². The molecule has 88 valence electrons. The molecule has 0 radical (unpaired) electrons. The topological polar surface area (TPSA) is 57.6 Å². The minimum atomic E-state index is -1.95. The fraction of sp³-hybridized carbons (Fsp3) is 0.167. The Bertz CT molecular complexity index is 541. The van der Waals surface area contributed by atoms with E-state index >= 15 is 0 Å². The van der Waals surface area contributed by atoms with Crippen molar-refractivity contribution in [3.05, 3.63) is 40.4 Å². The lowest BCUT2D eigenvalue weighted by Gasteiger charge is -2.20. The molecule has 0 saturated heterocycles. The summed E-state index contributed by atoms with van der Waals surface area (Å²) in [4.78, 5) is 24.2. The van der Waals surface area contributed by atoms with Gasteiger partial charge in [-0.15, -0.1) is 0 Å².